The van der Waals surface area contributed by atoms with Crippen molar-refractivity contribution in [2.45, 2.75) is 13.8 Å². The third-order valence-electron chi connectivity index (χ3n) is 2.98. The molecule has 3 N–H and O–H groups in total. The summed E-state index contributed by atoms with van der Waals surface area (Å²) < 4.78 is 0. The Bertz CT molecular complexity index is 684. The first-order valence-corrected chi connectivity index (χ1v) is 7.18. The average Bonchev–Trinajstić information content (AvgIpc) is 2.40. The van der Waals surface area contributed by atoms with Gasteiger partial charge in [0.15, 0.2) is 0 Å². The molecule has 5 heteroatoms. The zero-order valence-electron chi connectivity index (χ0n) is 11.1. The molecule has 104 valence electrons. The number of hydrogen-bond acceptors (Lipinski definition) is 2. The summed E-state index contributed by atoms with van der Waals surface area (Å²) in [5.74, 6) is 0. The summed E-state index contributed by atoms with van der Waals surface area (Å²) in [6.07, 6.45) is 0. The van der Waals surface area contributed by atoms with E-state index in [1.165, 1.54) is 0 Å². The van der Waals surface area contributed by atoms with Crippen LogP contribution >= 0.6 is 35.4 Å². The molecular weight excluding hydrogens is 311 g/mol. The fraction of sp³-hybridized carbons (Fsp3) is 0.133. The Labute approximate surface area is 133 Å². The van der Waals surface area contributed by atoms with Crippen molar-refractivity contribution in [2.75, 3.05) is 5.32 Å². The van der Waals surface area contributed by atoms with Crippen molar-refractivity contribution < 1.29 is 0 Å². The molecule has 20 heavy (non-hydrogen) atoms. The number of aryl methyl sites for hydroxylation is 2. The lowest BCUT2D eigenvalue weighted by Gasteiger charge is -2.15. The van der Waals surface area contributed by atoms with Gasteiger partial charge in [-0.05, 0) is 37.6 Å². The fourth-order valence-electron chi connectivity index (χ4n) is 1.88. The number of nitrogens with two attached hydrogens (primary N) is 1. The molecule has 0 saturated carbocycles. The maximum atomic E-state index is 6.30. The SMILES string of the molecule is Cc1ccc(Nc2c(Cl)ccc(C)c2Cl)c(C(N)=S)c1. The van der Waals surface area contributed by atoms with E-state index in [1.54, 1.807) is 6.07 Å². The highest BCUT2D eigenvalue weighted by Crippen LogP contribution is 2.36. The van der Waals surface area contributed by atoms with Gasteiger partial charge in [-0.25, -0.2) is 0 Å². The minimum atomic E-state index is 0.330. The molecule has 0 aliphatic heterocycles. The highest BCUT2D eigenvalue weighted by molar-refractivity contribution is 7.80. The second-order valence-corrected chi connectivity index (χ2v) is 5.82. The van der Waals surface area contributed by atoms with Crippen molar-refractivity contribution >= 4 is 51.8 Å². The molecular formula is C15H14Cl2N2S. The molecule has 0 bridgehead atoms. The number of rotatable bonds is 3. The largest absolute Gasteiger partial charge is 0.389 e. The van der Waals surface area contributed by atoms with Crippen LogP contribution in [-0.4, -0.2) is 4.99 Å². The van der Waals surface area contributed by atoms with Gasteiger partial charge in [-0.3, -0.25) is 0 Å². The summed E-state index contributed by atoms with van der Waals surface area (Å²) in [4.78, 5) is 0.330. The number of thiocarbonyl (C=S) groups is 1. The average molecular weight is 325 g/mol. The number of halogens is 2. The van der Waals surface area contributed by atoms with E-state index >= 15 is 0 Å². The van der Waals surface area contributed by atoms with Crippen LogP contribution in [0.25, 0.3) is 0 Å². The molecule has 0 heterocycles. The third-order valence-corrected chi connectivity index (χ3v) is 4.01. The lowest BCUT2D eigenvalue weighted by molar-refractivity contribution is 1.41. The first-order chi connectivity index (χ1) is 9.40. The minimum Gasteiger partial charge on any atom is -0.389 e. The molecule has 0 radical (unpaired) electrons. The molecule has 0 aliphatic rings. The highest BCUT2D eigenvalue weighted by Gasteiger charge is 2.12. The Kier molecular flexibility index (Phi) is 4.53. The van der Waals surface area contributed by atoms with Crippen LogP contribution in [0.5, 0.6) is 0 Å². The second-order valence-electron chi connectivity index (χ2n) is 4.59. The Morgan fingerprint density at radius 3 is 2.50 bits per heavy atom. The van der Waals surface area contributed by atoms with Crippen molar-refractivity contribution in [1.29, 1.82) is 0 Å². The van der Waals surface area contributed by atoms with E-state index in [0.717, 1.165) is 22.4 Å². The first-order valence-electron chi connectivity index (χ1n) is 6.02. The highest BCUT2D eigenvalue weighted by atomic mass is 35.5. The van der Waals surface area contributed by atoms with Crippen LogP contribution < -0.4 is 11.1 Å². The van der Waals surface area contributed by atoms with Gasteiger partial charge < -0.3 is 11.1 Å². The van der Waals surface area contributed by atoms with Crippen molar-refractivity contribution in [2.24, 2.45) is 5.73 Å². The zero-order valence-corrected chi connectivity index (χ0v) is 13.5. The lowest BCUT2D eigenvalue weighted by Crippen LogP contribution is -2.12. The standard InChI is InChI=1S/C15H14Cl2N2S/c1-8-3-6-12(10(7-8)15(18)20)19-14-11(16)5-4-9(2)13(14)17/h3-7,19H,1-2H3,(H2,18,20). The molecule has 0 aromatic heterocycles. The van der Waals surface area contributed by atoms with Crippen molar-refractivity contribution in [3.8, 4) is 0 Å². The molecule has 0 aliphatic carbocycles. The molecule has 0 saturated heterocycles. The molecule has 2 aromatic carbocycles. The van der Waals surface area contributed by atoms with E-state index in [1.807, 2.05) is 38.1 Å². The van der Waals surface area contributed by atoms with Crippen molar-refractivity contribution in [1.82, 2.24) is 0 Å². The smallest absolute Gasteiger partial charge is 0.106 e. The molecule has 2 aromatic rings. The van der Waals surface area contributed by atoms with Gasteiger partial charge in [0.25, 0.3) is 0 Å². The van der Waals surface area contributed by atoms with Gasteiger partial charge in [-0.1, -0.05) is 53.1 Å². The monoisotopic (exact) mass is 324 g/mol. The van der Waals surface area contributed by atoms with Gasteiger partial charge in [0.2, 0.25) is 0 Å². The Morgan fingerprint density at radius 2 is 1.85 bits per heavy atom. The summed E-state index contributed by atoms with van der Waals surface area (Å²) in [6, 6.07) is 9.50. The summed E-state index contributed by atoms with van der Waals surface area (Å²) in [6.45, 7) is 3.91. The first kappa shape index (κ1) is 15.1. The van der Waals surface area contributed by atoms with Crippen LogP contribution in [0.15, 0.2) is 30.3 Å². The maximum absolute atomic E-state index is 6.30. The van der Waals surface area contributed by atoms with Gasteiger partial charge in [0.05, 0.1) is 15.7 Å². The second kappa shape index (κ2) is 6.00. The van der Waals surface area contributed by atoms with E-state index in [2.05, 4.69) is 5.32 Å². The number of benzene rings is 2. The lowest BCUT2D eigenvalue weighted by atomic mass is 10.1. The van der Waals surface area contributed by atoms with Crippen LogP contribution in [0.3, 0.4) is 0 Å². The van der Waals surface area contributed by atoms with E-state index in [4.69, 9.17) is 41.2 Å². The topological polar surface area (TPSA) is 38.0 Å². The Balaban J connectivity index is 2.51. The van der Waals surface area contributed by atoms with E-state index in [9.17, 15) is 0 Å². The van der Waals surface area contributed by atoms with Gasteiger partial charge in [0.1, 0.15) is 4.99 Å². The predicted molar refractivity (Wildman–Crippen MR) is 91.5 cm³/mol. The minimum absolute atomic E-state index is 0.330. The zero-order chi connectivity index (χ0) is 14.9. The van der Waals surface area contributed by atoms with E-state index < -0.39 is 0 Å². The van der Waals surface area contributed by atoms with Crippen molar-refractivity contribution in [3.05, 3.63) is 57.1 Å². The van der Waals surface area contributed by atoms with Gasteiger partial charge in [0, 0.05) is 11.3 Å². The van der Waals surface area contributed by atoms with E-state index in [0.29, 0.717) is 20.7 Å². The third kappa shape index (κ3) is 3.06. The van der Waals surface area contributed by atoms with Crippen LogP contribution in [0, 0.1) is 13.8 Å². The molecule has 0 atom stereocenters. The number of nitrogens with one attached hydrogen (secondary N) is 1. The number of anilines is 2. The Morgan fingerprint density at radius 1 is 1.15 bits per heavy atom. The molecule has 0 spiro atoms. The van der Waals surface area contributed by atoms with E-state index in [-0.39, 0.29) is 0 Å². The molecule has 0 fully saturated rings. The van der Waals surface area contributed by atoms with Gasteiger partial charge in [-0.2, -0.15) is 0 Å². The van der Waals surface area contributed by atoms with Gasteiger partial charge in [-0.15, -0.1) is 0 Å². The summed E-state index contributed by atoms with van der Waals surface area (Å²) in [5.41, 5.74) is 10.0. The van der Waals surface area contributed by atoms with Crippen LogP contribution in [-0.2, 0) is 0 Å². The molecule has 0 unspecified atom stereocenters. The summed E-state index contributed by atoms with van der Waals surface area (Å²) in [7, 11) is 0. The van der Waals surface area contributed by atoms with Crippen LogP contribution in [0.4, 0.5) is 11.4 Å². The maximum Gasteiger partial charge on any atom is 0.106 e. The molecule has 2 nitrogen and oxygen atoms in total. The Hall–Kier alpha value is -1.29. The van der Waals surface area contributed by atoms with Crippen LogP contribution in [0.2, 0.25) is 10.0 Å². The normalized spacial score (nSPS) is 10.4. The van der Waals surface area contributed by atoms with Crippen LogP contribution in [0.1, 0.15) is 16.7 Å². The predicted octanol–water partition coefficient (Wildman–Crippen LogP) is 4.99. The van der Waals surface area contributed by atoms with Crippen molar-refractivity contribution in [3.63, 3.8) is 0 Å². The van der Waals surface area contributed by atoms with Gasteiger partial charge >= 0.3 is 0 Å². The fourth-order valence-corrected chi connectivity index (χ4v) is 2.51. The molecule has 2 rings (SSSR count). The summed E-state index contributed by atoms with van der Waals surface area (Å²) in [5, 5.41) is 4.37. The molecule has 0 amide bonds. The number of hydrogen-bond donors (Lipinski definition) is 2. The summed E-state index contributed by atoms with van der Waals surface area (Å²) >= 11 is 17.6. The quantitative estimate of drug-likeness (QED) is 0.781.